The summed E-state index contributed by atoms with van der Waals surface area (Å²) in [5.41, 5.74) is 2.37. The molecule has 1 fully saturated rings. The van der Waals surface area contributed by atoms with Gasteiger partial charge in [-0.25, -0.2) is 9.78 Å². The molecule has 1 N–H and O–H groups in total. The summed E-state index contributed by atoms with van der Waals surface area (Å²) in [6.45, 7) is 4.14. The second-order valence-corrected chi connectivity index (χ2v) is 8.98. The summed E-state index contributed by atoms with van der Waals surface area (Å²) in [5, 5.41) is 3.69. The fourth-order valence-corrected chi connectivity index (χ4v) is 5.10. The Labute approximate surface area is 186 Å². The number of nitrogens with zero attached hydrogens (tertiary/aromatic N) is 2. The van der Waals surface area contributed by atoms with Gasteiger partial charge in [0.05, 0.1) is 24.9 Å². The lowest BCUT2D eigenvalue weighted by Gasteiger charge is -2.32. The number of benzene rings is 1. The summed E-state index contributed by atoms with van der Waals surface area (Å²) in [6.07, 6.45) is 3.95. The molecule has 3 aromatic rings. The van der Waals surface area contributed by atoms with Crippen molar-refractivity contribution in [3.05, 3.63) is 58.6 Å². The molecule has 31 heavy (non-hydrogen) atoms. The van der Waals surface area contributed by atoms with E-state index in [9.17, 15) is 9.59 Å². The fourth-order valence-electron chi connectivity index (χ4n) is 4.03. The highest BCUT2D eigenvalue weighted by molar-refractivity contribution is 7.21. The molecule has 0 aliphatic carbocycles. The smallest absolute Gasteiger partial charge is 0.350 e. The monoisotopic (exact) mass is 437 g/mol. The van der Waals surface area contributed by atoms with Gasteiger partial charge >= 0.3 is 5.97 Å². The zero-order valence-electron chi connectivity index (χ0n) is 17.9. The van der Waals surface area contributed by atoms with Crippen molar-refractivity contribution >= 4 is 39.1 Å². The maximum absolute atomic E-state index is 12.7. The van der Waals surface area contributed by atoms with Gasteiger partial charge in [-0.2, -0.15) is 0 Å². The van der Waals surface area contributed by atoms with Crippen molar-refractivity contribution in [1.82, 2.24) is 9.88 Å². The fraction of sp³-hybridized carbons (Fsp3) is 0.375. The number of amides is 1. The van der Waals surface area contributed by atoms with E-state index in [1.54, 1.807) is 0 Å². The van der Waals surface area contributed by atoms with Crippen LogP contribution in [0.5, 0.6) is 0 Å². The zero-order valence-corrected chi connectivity index (χ0v) is 18.7. The van der Waals surface area contributed by atoms with Gasteiger partial charge in [0.1, 0.15) is 9.71 Å². The number of fused-ring (bicyclic) bond motifs is 1. The van der Waals surface area contributed by atoms with Crippen molar-refractivity contribution in [2.45, 2.75) is 45.2 Å². The van der Waals surface area contributed by atoms with Crippen LogP contribution >= 0.6 is 11.3 Å². The molecular weight excluding hydrogens is 410 g/mol. The van der Waals surface area contributed by atoms with Crippen LogP contribution in [0.15, 0.2) is 42.5 Å². The first-order valence-electron chi connectivity index (χ1n) is 10.6. The van der Waals surface area contributed by atoms with E-state index in [-0.39, 0.29) is 12.3 Å². The number of hydrogen-bond donors (Lipinski definition) is 1. The molecule has 1 aliphatic heterocycles. The summed E-state index contributed by atoms with van der Waals surface area (Å²) in [6, 6.07) is 14.0. The number of aromatic nitrogens is 1. The van der Waals surface area contributed by atoms with Crippen molar-refractivity contribution in [1.29, 1.82) is 0 Å². The Morgan fingerprint density at radius 2 is 2.00 bits per heavy atom. The molecule has 0 saturated carbocycles. The Morgan fingerprint density at radius 3 is 2.74 bits per heavy atom. The normalized spacial score (nSPS) is 16.9. The highest BCUT2D eigenvalue weighted by atomic mass is 32.1. The lowest BCUT2D eigenvalue weighted by Crippen LogP contribution is -2.36. The van der Waals surface area contributed by atoms with E-state index < -0.39 is 5.97 Å². The van der Waals surface area contributed by atoms with Crippen LogP contribution in [0.3, 0.4) is 0 Å². The second kappa shape index (κ2) is 9.58. The number of rotatable bonds is 6. The van der Waals surface area contributed by atoms with E-state index in [2.05, 4.69) is 17.1 Å². The van der Waals surface area contributed by atoms with Crippen molar-refractivity contribution in [3.8, 4) is 0 Å². The minimum Gasteiger partial charge on any atom is -0.465 e. The Balaban J connectivity index is 1.60. The quantitative estimate of drug-likeness (QED) is 0.569. The molecule has 0 bridgehead atoms. The van der Waals surface area contributed by atoms with Crippen LogP contribution in [0, 0.1) is 0 Å². The predicted molar refractivity (Wildman–Crippen MR) is 123 cm³/mol. The highest BCUT2D eigenvalue weighted by Crippen LogP contribution is 2.36. The van der Waals surface area contributed by atoms with Crippen molar-refractivity contribution in [2.24, 2.45) is 0 Å². The number of hydrogen-bond acceptors (Lipinski definition) is 6. The van der Waals surface area contributed by atoms with Crippen molar-refractivity contribution in [2.75, 3.05) is 19.0 Å². The number of methoxy groups -OCH3 is 1. The third kappa shape index (κ3) is 4.94. The number of piperidine rings is 1. The standard InChI is InChI=1S/C24H27N3O3S/c1-16-8-6-7-13-27(16)15-18-11-12-19-21(22(24(29)30-2)31-23(19)25-18)26-20(28)14-17-9-4-3-5-10-17/h3-5,9-12,16H,6-8,13-15H2,1-2H3,(H,26,28). The SMILES string of the molecule is COC(=O)c1sc2nc(CN3CCCCC3C)ccc2c1NC(=O)Cc1ccccc1. The molecule has 7 heteroatoms. The third-order valence-electron chi connectivity index (χ3n) is 5.76. The summed E-state index contributed by atoms with van der Waals surface area (Å²) in [7, 11) is 1.35. The van der Waals surface area contributed by atoms with Gasteiger partial charge in [-0.3, -0.25) is 9.69 Å². The molecule has 162 valence electrons. The maximum Gasteiger partial charge on any atom is 0.350 e. The van der Waals surface area contributed by atoms with Crippen LogP contribution in [0.1, 0.15) is 47.1 Å². The van der Waals surface area contributed by atoms with Crippen molar-refractivity contribution < 1.29 is 14.3 Å². The molecule has 1 aromatic carbocycles. The molecule has 1 unspecified atom stereocenters. The minimum atomic E-state index is -0.468. The van der Waals surface area contributed by atoms with E-state index in [1.165, 1.54) is 37.7 Å². The van der Waals surface area contributed by atoms with Crippen LogP contribution in [-0.4, -0.2) is 41.5 Å². The lowest BCUT2D eigenvalue weighted by molar-refractivity contribution is -0.115. The second-order valence-electron chi connectivity index (χ2n) is 7.98. The molecule has 1 atom stereocenters. The number of ether oxygens (including phenoxy) is 1. The van der Waals surface area contributed by atoms with Crippen LogP contribution in [0.4, 0.5) is 5.69 Å². The number of likely N-dealkylation sites (tertiary alicyclic amines) is 1. The van der Waals surface area contributed by atoms with E-state index in [1.807, 2.05) is 42.5 Å². The van der Waals surface area contributed by atoms with Gasteiger partial charge in [0, 0.05) is 18.0 Å². The van der Waals surface area contributed by atoms with Gasteiger partial charge in [-0.05, 0) is 44.0 Å². The molecule has 2 aromatic heterocycles. The number of esters is 1. The lowest BCUT2D eigenvalue weighted by atomic mass is 10.0. The minimum absolute atomic E-state index is 0.178. The Kier molecular flexibility index (Phi) is 6.63. The van der Waals surface area contributed by atoms with Gasteiger partial charge in [-0.1, -0.05) is 36.8 Å². The molecule has 6 nitrogen and oxygen atoms in total. The summed E-state index contributed by atoms with van der Waals surface area (Å²) in [4.78, 5) is 33.4. The number of carbonyl (C=O) groups excluding carboxylic acids is 2. The van der Waals surface area contributed by atoms with E-state index >= 15 is 0 Å². The summed E-state index contributed by atoms with van der Waals surface area (Å²) < 4.78 is 4.96. The molecule has 0 spiro atoms. The van der Waals surface area contributed by atoms with Crippen LogP contribution in [0.25, 0.3) is 10.2 Å². The Morgan fingerprint density at radius 1 is 1.19 bits per heavy atom. The molecule has 4 rings (SSSR count). The van der Waals surface area contributed by atoms with Gasteiger partial charge in [0.2, 0.25) is 5.91 Å². The number of nitrogens with one attached hydrogen (secondary N) is 1. The maximum atomic E-state index is 12.7. The van der Waals surface area contributed by atoms with Crippen LogP contribution < -0.4 is 5.32 Å². The van der Waals surface area contributed by atoms with Crippen molar-refractivity contribution in [3.63, 3.8) is 0 Å². The van der Waals surface area contributed by atoms with Gasteiger partial charge < -0.3 is 10.1 Å². The predicted octanol–water partition coefficient (Wildman–Crippen LogP) is 4.64. The van der Waals surface area contributed by atoms with Gasteiger partial charge in [0.15, 0.2) is 0 Å². The summed E-state index contributed by atoms with van der Waals surface area (Å²) in [5.74, 6) is -0.647. The topological polar surface area (TPSA) is 71.5 Å². The molecule has 3 heterocycles. The molecule has 1 aliphatic rings. The first-order valence-corrected chi connectivity index (χ1v) is 11.5. The molecule has 1 amide bonds. The van der Waals surface area contributed by atoms with Gasteiger partial charge in [0.25, 0.3) is 0 Å². The number of thiophene rings is 1. The Bertz CT molecular complexity index is 1080. The van der Waals surface area contributed by atoms with Gasteiger partial charge in [-0.15, -0.1) is 11.3 Å². The first-order chi connectivity index (χ1) is 15.0. The van der Waals surface area contributed by atoms with Crippen LogP contribution in [-0.2, 0) is 22.5 Å². The highest BCUT2D eigenvalue weighted by Gasteiger charge is 2.23. The number of anilines is 1. The summed E-state index contributed by atoms with van der Waals surface area (Å²) >= 11 is 1.26. The van der Waals surface area contributed by atoms with E-state index in [0.29, 0.717) is 16.6 Å². The average Bonchev–Trinajstić information content (AvgIpc) is 3.13. The Hall–Kier alpha value is -2.77. The largest absolute Gasteiger partial charge is 0.465 e. The molecule has 0 radical (unpaired) electrons. The third-order valence-corrected chi connectivity index (χ3v) is 6.84. The molecular formula is C24H27N3O3S. The zero-order chi connectivity index (χ0) is 21.8. The average molecular weight is 438 g/mol. The molecule has 1 saturated heterocycles. The van der Waals surface area contributed by atoms with Crippen LogP contribution in [0.2, 0.25) is 0 Å². The number of carbonyl (C=O) groups is 2. The van der Waals surface area contributed by atoms with E-state index in [4.69, 9.17) is 9.72 Å². The van der Waals surface area contributed by atoms with E-state index in [0.717, 1.165) is 34.6 Å². The number of pyridine rings is 1. The first kappa shape index (κ1) is 21.5.